The summed E-state index contributed by atoms with van der Waals surface area (Å²) in [5.74, 6) is -1.49. The Balaban J connectivity index is 1.70. The Morgan fingerprint density at radius 2 is 1.89 bits per heavy atom. The first-order valence-electron chi connectivity index (χ1n) is 13.4. The predicted molar refractivity (Wildman–Crippen MR) is 142 cm³/mol. The van der Waals surface area contributed by atoms with Crippen molar-refractivity contribution >= 4 is 23.3 Å². The molecule has 1 aromatic rings. The largest absolute Gasteiger partial charge is 0.377 e. The molecule has 9 heteroatoms. The van der Waals surface area contributed by atoms with Crippen LogP contribution in [-0.4, -0.2) is 98.6 Å². The molecule has 0 radical (unpaired) electrons. The van der Waals surface area contributed by atoms with Crippen molar-refractivity contribution in [2.45, 2.75) is 64.7 Å². The minimum Gasteiger partial charge on any atom is -0.377 e. The van der Waals surface area contributed by atoms with Gasteiger partial charge in [-0.15, -0.1) is 0 Å². The Morgan fingerprint density at radius 3 is 2.49 bits per heavy atom. The molecule has 3 heterocycles. The standard InChI is InChI=1S/C28H42N4O5/c1-6-9-30-10-12-31(13-11-30)18-7-8-19(26(29)34)20(14-18)21(15-28(2,3)4)27(35)32-16-23(36-5)25-24(32)22(33)17-37-25/h7-8,14,21,23-25H,6,9-13,15-17H2,1-5H3,(H2,29,34)/t21-,23+,24+,25+/m0/s1. The normalized spacial score (nSPS) is 25.4. The van der Waals surface area contributed by atoms with Crippen molar-refractivity contribution < 1.29 is 23.9 Å². The first-order valence-corrected chi connectivity index (χ1v) is 13.4. The first-order chi connectivity index (χ1) is 17.5. The van der Waals surface area contributed by atoms with Crippen LogP contribution in [0.2, 0.25) is 0 Å². The van der Waals surface area contributed by atoms with Crippen LogP contribution in [0.5, 0.6) is 0 Å². The molecule has 9 nitrogen and oxygen atoms in total. The Morgan fingerprint density at radius 1 is 1.19 bits per heavy atom. The first kappa shape index (κ1) is 27.5. The lowest BCUT2D eigenvalue weighted by Crippen LogP contribution is -2.46. The number of fused-ring (bicyclic) bond motifs is 1. The lowest BCUT2D eigenvalue weighted by molar-refractivity contribution is -0.138. The zero-order chi connectivity index (χ0) is 26.9. The predicted octanol–water partition coefficient (Wildman–Crippen LogP) is 2.03. The number of rotatable bonds is 8. The highest BCUT2D eigenvalue weighted by atomic mass is 16.5. The summed E-state index contributed by atoms with van der Waals surface area (Å²) in [4.78, 5) is 45.9. The summed E-state index contributed by atoms with van der Waals surface area (Å²) in [6, 6.07) is 4.99. The van der Waals surface area contributed by atoms with Crippen molar-refractivity contribution in [3.63, 3.8) is 0 Å². The van der Waals surface area contributed by atoms with Gasteiger partial charge < -0.3 is 25.0 Å². The Labute approximate surface area is 220 Å². The molecule has 0 aliphatic carbocycles. The molecule has 2 N–H and O–H groups in total. The second-order valence-electron chi connectivity index (χ2n) is 11.7. The summed E-state index contributed by atoms with van der Waals surface area (Å²) < 4.78 is 11.3. The van der Waals surface area contributed by atoms with E-state index in [4.69, 9.17) is 15.2 Å². The molecule has 4 atom stereocenters. The number of nitrogens with two attached hydrogens (primary N) is 1. The van der Waals surface area contributed by atoms with Gasteiger partial charge in [0.05, 0.1) is 12.5 Å². The number of methoxy groups -OCH3 is 1. The number of ketones is 1. The lowest BCUT2D eigenvalue weighted by atomic mass is 9.79. The molecule has 37 heavy (non-hydrogen) atoms. The van der Waals surface area contributed by atoms with Gasteiger partial charge in [0, 0.05) is 44.5 Å². The number of likely N-dealkylation sites (tertiary alicyclic amines) is 1. The van der Waals surface area contributed by atoms with Crippen molar-refractivity contribution in [2.75, 3.05) is 57.9 Å². The number of Topliss-reactive ketones (excluding diaryl/α,β-unsaturated/α-hetero) is 1. The molecule has 2 amide bonds. The van der Waals surface area contributed by atoms with Crippen LogP contribution in [0.15, 0.2) is 18.2 Å². The Hall–Kier alpha value is -2.49. The van der Waals surface area contributed by atoms with E-state index in [1.165, 1.54) is 0 Å². The highest BCUT2D eigenvalue weighted by Crippen LogP contribution is 2.39. The molecule has 0 saturated carbocycles. The monoisotopic (exact) mass is 514 g/mol. The van der Waals surface area contributed by atoms with E-state index in [1.807, 2.05) is 12.1 Å². The molecular weight excluding hydrogens is 472 g/mol. The van der Waals surface area contributed by atoms with Crippen molar-refractivity contribution in [3.8, 4) is 0 Å². The van der Waals surface area contributed by atoms with E-state index in [0.717, 1.165) is 44.8 Å². The highest BCUT2D eigenvalue weighted by Gasteiger charge is 2.53. The topological polar surface area (TPSA) is 105 Å². The van der Waals surface area contributed by atoms with Crippen molar-refractivity contribution in [1.29, 1.82) is 0 Å². The maximum absolute atomic E-state index is 14.2. The maximum Gasteiger partial charge on any atom is 0.249 e. The number of ether oxygens (including phenoxy) is 2. The van der Waals surface area contributed by atoms with Gasteiger partial charge in [-0.3, -0.25) is 19.3 Å². The zero-order valence-electron chi connectivity index (χ0n) is 22.9. The number of nitrogens with zero attached hydrogens (tertiary/aromatic N) is 3. The molecule has 0 aromatic heterocycles. The van der Waals surface area contributed by atoms with Crippen LogP contribution in [-0.2, 0) is 19.1 Å². The molecule has 0 spiro atoms. The third kappa shape index (κ3) is 5.84. The molecular formula is C28H42N4O5. The molecule has 0 unspecified atom stereocenters. The number of carbonyl (C=O) groups is 3. The van der Waals surface area contributed by atoms with Gasteiger partial charge in [-0.25, -0.2) is 0 Å². The molecule has 204 valence electrons. The smallest absolute Gasteiger partial charge is 0.249 e. The molecule has 4 rings (SSSR count). The zero-order valence-corrected chi connectivity index (χ0v) is 22.9. The van der Waals surface area contributed by atoms with E-state index in [2.05, 4.69) is 37.5 Å². The minimum atomic E-state index is -0.660. The maximum atomic E-state index is 14.2. The van der Waals surface area contributed by atoms with Gasteiger partial charge in [0.15, 0.2) is 5.78 Å². The van der Waals surface area contributed by atoms with Crippen molar-refractivity contribution in [3.05, 3.63) is 29.3 Å². The molecule has 3 fully saturated rings. The summed E-state index contributed by atoms with van der Waals surface area (Å²) in [5.41, 5.74) is 7.57. The molecule has 0 bridgehead atoms. The van der Waals surface area contributed by atoms with Crippen LogP contribution in [0.25, 0.3) is 0 Å². The third-order valence-corrected chi connectivity index (χ3v) is 7.79. The lowest BCUT2D eigenvalue weighted by Gasteiger charge is -2.37. The summed E-state index contributed by atoms with van der Waals surface area (Å²) in [7, 11) is 1.57. The van der Waals surface area contributed by atoms with Crippen LogP contribution >= 0.6 is 0 Å². The summed E-state index contributed by atoms with van der Waals surface area (Å²) in [6.07, 6.45) is 0.805. The molecule has 1 aromatic carbocycles. The van der Waals surface area contributed by atoms with E-state index >= 15 is 0 Å². The number of benzene rings is 1. The van der Waals surface area contributed by atoms with Crippen LogP contribution < -0.4 is 10.6 Å². The number of hydrogen-bond donors (Lipinski definition) is 1. The van der Waals surface area contributed by atoms with Gasteiger partial charge in [0.1, 0.15) is 24.9 Å². The number of anilines is 1. The Bertz CT molecular complexity index is 1010. The molecule has 3 aliphatic rings. The minimum absolute atomic E-state index is 0.0189. The van der Waals surface area contributed by atoms with Crippen LogP contribution in [0.4, 0.5) is 5.69 Å². The van der Waals surface area contributed by atoms with E-state index in [-0.39, 0.29) is 36.4 Å². The van der Waals surface area contributed by atoms with Crippen LogP contribution in [0.3, 0.4) is 0 Å². The van der Waals surface area contributed by atoms with Crippen molar-refractivity contribution in [2.24, 2.45) is 11.1 Å². The SMILES string of the molecule is CCCN1CCN(c2ccc(C(N)=O)c([C@H](CC(C)(C)C)C(=O)N3C[C@@H](OC)[C@H]4OCC(=O)[C@H]43)c2)CC1. The number of amides is 2. The fraction of sp³-hybridized carbons (Fsp3) is 0.679. The van der Waals surface area contributed by atoms with E-state index in [0.29, 0.717) is 17.5 Å². The summed E-state index contributed by atoms with van der Waals surface area (Å²) in [5, 5.41) is 0. The quantitative estimate of drug-likeness (QED) is 0.566. The highest BCUT2D eigenvalue weighted by molar-refractivity contribution is 5.99. The summed E-state index contributed by atoms with van der Waals surface area (Å²) >= 11 is 0. The van der Waals surface area contributed by atoms with Gasteiger partial charge in [-0.2, -0.15) is 0 Å². The fourth-order valence-electron chi connectivity index (χ4n) is 6.00. The Kier molecular flexibility index (Phi) is 8.26. The van der Waals surface area contributed by atoms with Crippen LogP contribution in [0.1, 0.15) is 62.4 Å². The van der Waals surface area contributed by atoms with Crippen molar-refractivity contribution in [1.82, 2.24) is 9.80 Å². The van der Waals surface area contributed by atoms with Gasteiger partial charge >= 0.3 is 0 Å². The van der Waals surface area contributed by atoms with Gasteiger partial charge in [0.25, 0.3) is 0 Å². The average molecular weight is 515 g/mol. The number of hydrogen-bond acceptors (Lipinski definition) is 7. The average Bonchev–Trinajstić information content (AvgIpc) is 3.42. The second kappa shape index (κ2) is 11.1. The molecule has 3 saturated heterocycles. The van der Waals surface area contributed by atoms with Gasteiger partial charge in [-0.1, -0.05) is 27.7 Å². The van der Waals surface area contributed by atoms with Gasteiger partial charge in [-0.05, 0) is 48.6 Å². The number of carbonyl (C=O) groups excluding carboxylic acids is 3. The van der Waals surface area contributed by atoms with E-state index in [9.17, 15) is 14.4 Å². The van der Waals surface area contributed by atoms with Crippen LogP contribution in [0, 0.1) is 5.41 Å². The summed E-state index contributed by atoms with van der Waals surface area (Å²) in [6.45, 7) is 13.5. The van der Waals surface area contributed by atoms with E-state index in [1.54, 1.807) is 18.1 Å². The number of primary amides is 1. The molecule has 3 aliphatic heterocycles. The number of piperazine rings is 1. The fourth-order valence-corrected chi connectivity index (χ4v) is 6.00. The third-order valence-electron chi connectivity index (χ3n) is 7.79. The second-order valence-corrected chi connectivity index (χ2v) is 11.7. The van der Waals surface area contributed by atoms with Gasteiger partial charge in [0.2, 0.25) is 11.8 Å². The van der Waals surface area contributed by atoms with E-state index < -0.39 is 24.0 Å².